The Morgan fingerprint density at radius 3 is 2.82 bits per heavy atom. The summed E-state index contributed by atoms with van der Waals surface area (Å²) in [6, 6.07) is -1.13. The number of carbonyl (C=O) groups is 2. The van der Waals surface area contributed by atoms with Crippen LogP contribution in [0.3, 0.4) is 0 Å². The van der Waals surface area contributed by atoms with Crippen LogP contribution < -0.4 is 5.32 Å². The van der Waals surface area contributed by atoms with Crippen LogP contribution in [0.15, 0.2) is 0 Å². The van der Waals surface area contributed by atoms with Crippen LogP contribution in [-0.4, -0.2) is 54.4 Å². The van der Waals surface area contributed by atoms with Gasteiger partial charge in [0, 0.05) is 20.2 Å². The molecule has 1 rings (SSSR count). The van der Waals surface area contributed by atoms with E-state index in [1.54, 1.807) is 18.9 Å². The van der Waals surface area contributed by atoms with Crippen molar-refractivity contribution in [1.82, 2.24) is 10.2 Å². The molecule has 1 heterocycles. The van der Waals surface area contributed by atoms with E-state index in [4.69, 9.17) is 9.84 Å². The summed E-state index contributed by atoms with van der Waals surface area (Å²) in [4.78, 5) is 24.3. The number of amides is 2. The van der Waals surface area contributed by atoms with Crippen LogP contribution in [-0.2, 0) is 9.53 Å². The van der Waals surface area contributed by atoms with Crippen molar-refractivity contribution in [2.45, 2.75) is 38.3 Å². The van der Waals surface area contributed by atoms with Gasteiger partial charge in [0.05, 0.1) is 6.10 Å². The van der Waals surface area contributed by atoms with Crippen LogP contribution in [0.1, 0.15) is 26.2 Å². The number of carboxylic acid groups (broad SMARTS) is 1. The SMILES string of the molecule is CCC(NC(=O)N1CCCC(OC)C1)C(=O)O. The van der Waals surface area contributed by atoms with Crippen molar-refractivity contribution in [2.24, 2.45) is 0 Å². The fraction of sp³-hybridized carbons (Fsp3) is 0.818. The van der Waals surface area contributed by atoms with Gasteiger partial charge in [0.1, 0.15) is 6.04 Å². The summed E-state index contributed by atoms with van der Waals surface area (Å²) in [6.07, 6.45) is 2.26. The molecule has 0 aliphatic carbocycles. The molecule has 1 aliphatic heterocycles. The molecule has 0 bridgehead atoms. The number of methoxy groups -OCH3 is 1. The average molecular weight is 244 g/mol. The van der Waals surface area contributed by atoms with Crippen LogP contribution in [0.25, 0.3) is 0 Å². The lowest BCUT2D eigenvalue weighted by Gasteiger charge is -2.32. The Labute approximate surface area is 101 Å². The standard InChI is InChI=1S/C11H20N2O4/c1-3-9(10(14)15)12-11(16)13-6-4-5-8(7-13)17-2/h8-9H,3-7H2,1-2H3,(H,12,16)(H,14,15). The number of carbonyl (C=O) groups excluding carboxylic acids is 1. The molecule has 1 fully saturated rings. The first-order valence-electron chi connectivity index (χ1n) is 5.89. The molecule has 2 amide bonds. The highest BCUT2D eigenvalue weighted by Gasteiger charge is 2.26. The topological polar surface area (TPSA) is 78.9 Å². The van der Waals surface area contributed by atoms with Gasteiger partial charge in [-0.1, -0.05) is 6.92 Å². The zero-order valence-electron chi connectivity index (χ0n) is 10.3. The number of piperidine rings is 1. The Hall–Kier alpha value is -1.30. The zero-order chi connectivity index (χ0) is 12.8. The fourth-order valence-corrected chi connectivity index (χ4v) is 1.89. The monoisotopic (exact) mass is 244 g/mol. The summed E-state index contributed by atoms with van der Waals surface area (Å²) in [6.45, 7) is 2.91. The lowest BCUT2D eigenvalue weighted by atomic mass is 10.1. The second-order valence-corrected chi connectivity index (χ2v) is 4.19. The number of hydrogen-bond donors (Lipinski definition) is 2. The van der Waals surface area contributed by atoms with Crippen LogP contribution >= 0.6 is 0 Å². The highest BCUT2D eigenvalue weighted by atomic mass is 16.5. The number of rotatable bonds is 4. The molecule has 1 saturated heterocycles. The molecule has 2 unspecified atom stereocenters. The predicted molar refractivity (Wildman–Crippen MR) is 61.9 cm³/mol. The molecular weight excluding hydrogens is 224 g/mol. The molecule has 17 heavy (non-hydrogen) atoms. The number of nitrogens with zero attached hydrogens (tertiary/aromatic N) is 1. The van der Waals surface area contributed by atoms with Gasteiger partial charge in [0.25, 0.3) is 0 Å². The van der Waals surface area contributed by atoms with Gasteiger partial charge in [-0.3, -0.25) is 0 Å². The van der Waals surface area contributed by atoms with E-state index in [2.05, 4.69) is 5.32 Å². The summed E-state index contributed by atoms with van der Waals surface area (Å²) in [5.74, 6) is -0.999. The van der Waals surface area contributed by atoms with Crippen molar-refractivity contribution < 1.29 is 19.4 Å². The van der Waals surface area contributed by atoms with Gasteiger partial charge in [-0.05, 0) is 19.3 Å². The maximum absolute atomic E-state index is 11.8. The minimum absolute atomic E-state index is 0.0550. The average Bonchev–Trinajstić information content (AvgIpc) is 2.35. The summed E-state index contributed by atoms with van der Waals surface area (Å²) in [5.41, 5.74) is 0. The van der Waals surface area contributed by atoms with Crippen LogP contribution in [0.4, 0.5) is 4.79 Å². The molecule has 6 nitrogen and oxygen atoms in total. The number of urea groups is 1. The van der Waals surface area contributed by atoms with Gasteiger partial charge in [0.15, 0.2) is 0 Å². The predicted octanol–water partition coefficient (Wildman–Crippen LogP) is 0.670. The van der Waals surface area contributed by atoms with Gasteiger partial charge in [-0.2, -0.15) is 0 Å². The zero-order valence-corrected chi connectivity index (χ0v) is 10.3. The van der Waals surface area contributed by atoms with Crippen molar-refractivity contribution in [2.75, 3.05) is 20.2 Å². The van der Waals surface area contributed by atoms with E-state index in [0.29, 0.717) is 19.5 Å². The minimum atomic E-state index is -0.999. The summed E-state index contributed by atoms with van der Waals surface area (Å²) >= 11 is 0. The van der Waals surface area contributed by atoms with E-state index >= 15 is 0 Å². The molecule has 0 aromatic heterocycles. The molecule has 1 aliphatic rings. The van der Waals surface area contributed by atoms with Gasteiger partial charge in [0.2, 0.25) is 0 Å². The molecule has 0 spiro atoms. The van der Waals surface area contributed by atoms with Gasteiger partial charge >= 0.3 is 12.0 Å². The minimum Gasteiger partial charge on any atom is -0.480 e. The normalized spacial score (nSPS) is 22.0. The molecule has 0 aromatic rings. The van der Waals surface area contributed by atoms with E-state index in [-0.39, 0.29) is 12.1 Å². The lowest BCUT2D eigenvalue weighted by molar-refractivity contribution is -0.139. The van der Waals surface area contributed by atoms with E-state index in [1.165, 1.54) is 0 Å². The van der Waals surface area contributed by atoms with E-state index < -0.39 is 12.0 Å². The van der Waals surface area contributed by atoms with Gasteiger partial charge in [-0.25, -0.2) is 9.59 Å². The number of ether oxygens (including phenoxy) is 1. The number of carboxylic acids is 1. The first kappa shape index (κ1) is 13.8. The molecule has 0 saturated carbocycles. The van der Waals surface area contributed by atoms with Gasteiger partial charge in [-0.15, -0.1) is 0 Å². The highest BCUT2D eigenvalue weighted by Crippen LogP contribution is 2.12. The first-order valence-corrected chi connectivity index (χ1v) is 5.89. The summed E-state index contributed by atoms with van der Waals surface area (Å²) < 4.78 is 5.21. The Kier molecular flexibility index (Phi) is 5.21. The molecular formula is C11H20N2O4. The first-order chi connectivity index (χ1) is 8.08. The third-order valence-corrected chi connectivity index (χ3v) is 3.00. The van der Waals surface area contributed by atoms with Crippen molar-refractivity contribution in [3.05, 3.63) is 0 Å². The Balaban J connectivity index is 2.48. The quantitative estimate of drug-likeness (QED) is 0.762. The van der Waals surface area contributed by atoms with E-state index in [9.17, 15) is 9.59 Å². The van der Waals surface area contributed by atoms with E-state index in [0.717, 1.165) is 12.8 Å². The maximum Gasteiger partial charge on any atom is 0.326 e. The van der Waals surface area contributed by atoms with E-state index in [1.807, 2.05) is 0 Å². The van der Waals surface area contributed by atoms with Crippen molar-refractivity contribution >= 4 is 12.0 Å². The molecule has 2 atom stereocenters. The van der Waals surface area contributed by atoms with Crippen molar-refractivity contribution in [3.63, 3.8) is 0 Å². The van der Waals surface area contributed by atoms with Gasteiger partial charge < -0.3 is 20.1 Å². The van der Waals surface area contributed by atoms with Crippen LogP contribution in [0, 0.1) is 0 Å². The smallest absolute Gasteiger partial charge is 0.326 e. The molecule has 0 radical (unpaired) electrons. The highest BCUT2D eigenvalue weighted by molar-refractivity contribution is 5.82. The third kappa shape index (κ3) is 3.89. The third-order valence-electron chi connectivity index (χ3n) is 3.00. The maximum atomic E-state index is 11.8. The Morgan fingerprint density at radius 1 is 1.59 bits per heavy atom. The Bertz CT molecular complexity index is 283. The number of likely N-dealkylation sites (tertiary alicyclic amines) is 1. The molecule has 2 N–H and O–H groups in total. The van der Waals surface area contributed by atoms with Crippen molar-refractivity contribution in [3.8, 4) is 0 Å². The number of hydrogen-bond acceptors (Lipinski definition) is 3. The molecule has 0 aromatic carbocycles. The second kappa shape index (κ2) is 6.44. The molecule has 6 heteroatoms. The summed E-state index contributed by atoms with van der Waals surface area (Å²) in [5, 5.41) is 11.4. The lowest BCUT2D eigenvalue weighted by Crippen LogP contribution is -2.51. The second-order valence-electron chi connectivity index (χ2n) is 4.19. The number of nitrogens with one attached hydrogen (secondary N) is 1. The summed E-state index contributed by atoms with van der Waals surface area (Å²) in [7, 11) is 1.62. The molecule has 98 valence electrons. The van der Waals surface area contributed by atoms with Crippen LogP contribution in [0.5, 0.6) is 0 Å². The van der Waals surface area contributed by atoms with Crippen molar-refractivity contribution in [1.29, 1.82) is 0 Å². The fourth-order valence-electron chi connectivity index (χ4n) is 1.89. The Morgan fingerprint density at radius 2 is 2.29 bits per heavy atom. The largest absolute Gasteiger partial charge is 0.480 e. The number of aliphatic carboxylic acids is 1. The van der Waals surface area contributed by atoms with Crippen LogP contribution in [0.2, 0.25) is 0 Å².